The smallest absolute Gasteiger partial charge is 0.261 e. The van der Waals surface area contributed by atoms with Crippen LogP contribution >= 0.6 is 11.6 Å². The minimum Gasteiger partial charge on any atom is -0.378 e. The number of fused-ring (bicyclic) bond motifs is 1. The zero-order valence-corrected chi connectivity index (χ0v) is 22.7. The molecular formula is C26H40ClNO10. The Morgan fingerprint density at radius 2 is 0.763 bits per heavy atom. The Hall–Kier alpha value is -1.67. The highest BCUT2D eigenvalue weighted by molar-refractivity contribution is 6.21. The van der Waals surface area contributed by atoms with Crippen molar-refractivity contribution in [1.82, 2.24) is 4.90 Å². The van der Waals surface area contributed by atoms with Gasteiger partial charge in [-0.15, -0.1) is 11.6 Å². The van der Waals surface area contributed by atoms with Crippen LogP contribution in [0.3, 0.4) is 0 Å². The van der Waals surface area contributed by atoms with Crippen LogP contribution in [0.5, 0.6) is 0 Å². The number of benzene rings is 1. The molecule has 0 radical (unpaired) electrons. The average Bonchev–Trinajstić information content (AvgIpc) is 3.18. The zero-order valence-electron chi connectivity index (χ0n) is 21.9. The summed E-state index contributed by atoms with van der Waals surface area (Å²) in [6.45, 7) is 7.75. The van der Waals surface area contributed by atoms with Gasteiger partial charge in [0, 0.05) is 5.88 Å². The molecule has 1 heterocycles. The first-order valence-corrected chi connectivity index (χ1v) is 13.4. The third kappa shape index (κ3) is 13.9. The molecule has 1 aromatic carbocycles. The molecule has 0 saturated heterocycles. The standard InChI is InChI=1S/C26H40ClNO10/c27-5-7-31-9-11-33-13-15-35-17-19-37-21-22-38-20-18-36-16-14-34-12-10-32-8-6-28-25(29)23-3-1-2-4-24(23)26(28)30/h1-4H,5-22H2. The van der Waals surface area contributed by atoms with Crippen LogP contribution < -0.4 is 0 Å². The normalized spacial score (nSPS) is 13.0. The Kier molecular flexibility index (Phi) is 19.0. The molecule has 12 heteroatoms. The fraction of sp³-hybridized carbons (Fsp3) is 0.692. The van der Waals surface area contributed by atoms with Crippen molar-refractivity contribution in [2.24, 2.45) is 0 Å². The number of hydrogen-bond acceptors (Lipinski definition) is 10. The number of imide groups is 1. The van der Waals surface area contributed by atoms with Crippen LogP contribution in [-0.4, -0.2) is 135 Å². The first kappa shape index (κ1) is 32.5. The second kappa shape index (κ2) is 22.2. The third-order valence-corrected chi connectivity index (χ3v) is 5.32. The fourth-order valence-electron chi connectivity index (χ4n) is 3.29. The van der Waals surface area contributed by atoms with Crippen LogP contribution in [0.4, 0.5) is 0 Å². The lowest BCUT2D eigenvalue weighted by Crippen LogP contribution is -2.33. The van der Waals surface area contributed by atoms with E-state index in [9.17, 15) is 9.59 Å². The van der Waals surface area contributed by atoms with Crippen molar-refractivity contribution in [2.75, 3.05) is 118 Å². The van der Waals surface area contributed by atoms with E-state index in [1.807, 2.05) is 0 Å². The van der Waals surface area contributed by atoms with Gasteiger partial charge in [0.15, 0.2) is 0 Å². The first-order chi connectivity index (χ1) is 18.8. The van der Waals surface area contributed by atoms with Crippen molar-refractivity contribution < 1.29 is 47.5 Å². The van der Waals surface area contributed by atoms with Gasteiger partial charge in [0.25, 0.3) is 11.8 Å². The molecule has 0 unspecified atom stereocenters. The van der Waals surface area contributed by atoms with Crippen LogP contribution in [0.2, 0.25) is 0 Å². The van der Waals surface area contributed by atoms with E-state index in [4.69, 9.17) is 49.5 Å². The molecule has 2 rings (SSSR count). The fourth-order valence-corrected chi connectivity index (χ4v) is 3.40. The number of hydrogen-bond donors (Lipinski definition) is 0. The van der Waals surface area contributed by atoms with Crippen LogP contribution in [0.25, 0.3) is 0 Å². The predicted octanol–water partition coefficient (Wildman–Crippen LogP) is 1.65. The third-order valence-electron chi connectivity index (χ3n) is 5.16. The van der Waals surface area contributed by atoms with Crippen LogP contribution in [0, 0.1) is 0 Å². The Bertz CT molecular complexity index is 734. The van der Waals surface area contributed by atoms with Gasteiger partial charge in [0.1, 0.15) is 0 Å². The lowest BCUT2D eigenvalue weighted by molar-refractivity contribution is -0.0230. The molecule has 0 N–H and O–H groups in total. The highest BCUT2D eigenvalue weighted by Gasteiger charge is 2.34. The Labute approximate surface area is 229 Å². The summed E-state index contributed by atoms with van der Waals surface area (Å²) in [6, 6.07) is 6.82. The van der Waals surface area contributed by atoms with Crippen LogP contribution in [-0.2, 0) is 37.9 Å². The summed E-state index contributed by atoms with van der Waals surface area (Å²) in [6.07, 6.45) is 0. The van der Waals surface area contributed by atoms with E-state index >= 15 is 0 Å². The maximum absolute atomic E-state index is 12.3. The second-order valence-electron chi connectivity index (χ2n) is 7.90. The number of carbonyl (C=O) groups excluding carboxylic acids is 2. The molecule has 1 aliphatic heterocycles. The monoisotopic (exact) mass is 561 g/mol. The number of halogens is 1. The summed E-state index contributed by atoms with van der Waals surface area (Å²) >= 11 is 5.50. The van der Waals surface area contributed by atoms with Gasteiger partial charge in [-0.1, -0.05) is 12.1 Å². The summed E-state index contributed by atoms with van der Waals surface area (Å²) < 4.78 is 43.2. The lowest BCUT2D eigenvalue weighted by Gasteiger charge is -2.13. The van der Waals surface area contributed by atoms with Crippen LogP contribution in [0.15, 0.2) is 24.3 Å². The van der Waals surface area contributed by atoms with Gasteiger partial charge in [-0.2, -0.15) is 0 Å². The van der Waals surface area contributed by atoms with Crippen molar-refractivity contribution in [1.29, 1.82) is 0 Å². The predicted molar refractivity (Wildman–Crippen MR) is 139 cm³/mol. The number of alkyl halides is 1. The van der Waals surface area contributed by atoms with E-state index in [1.165, 1.54) is 4.90 Å². The number of nitrogens with zero attached hydrogens (tertiary/aromatic N) is 1. The minimum atomic E-state index is -0.275. The number of amides is 2. The van der Waals surface area contributed by atoms with E-state index in [2.05, 4.69) is 0 Å². The SMILES string of the molecule is O=C1c2ccccc2C(=O)N1CCOCCOCCOCCOCCOCCOCCOCCOCCCl. The van der Waals surface area contributed by atoms with E-state index in [0.717, 1.165) is 0 Å². The molecule has 1 aliphatic rings. The molecule has 1 aromatic rings. The summed E-state index contributed by atoms with van der Waals surface area (Å²) in [4.78, 5) is 25.7. The number of carbonyl (C=O) groups is 2. The molecule has 0 fully saturated rings. The highest BCUT2D eigenvalue weighted by Crippen LogP contribution is 2.21. The molecule has 0 aromatic heterocycles. The van der Waals surface area contributed by atoms with Crippen molar-refractivity contribution in [3.05, 3.63) is 35.4 Å². The van der Waals surface area contributed by atoms with Gasteiger partial charge in [-0.3, -0.25) is 14.5 Å². The van der Waals surface area contributed by atoms with E-state index in [-0.39, 0.29) is 25.0 Å². The van der Waals surface area contributed by atoms with Crippen LogP contribution in [0.1, 0.15) is 20.7 Å². The van der Waals surface area contributed by atoms with Crippen molar-refractivity contribution >= 4 is 23.4 Å². The quantitative estimate of drug-likeness (QED) is 0.0940. The molecule has 0 saturated carbocycles. The first-order valence-electron chi connectivity index (χ1n) is 12.9. The number of ether oxygens (including phenoxy) is 8. The van der Waals surface area contributed by atoms with E-state index < -0.39 is 0 Å². The van der Waals surface area contributed by atoms with Gasteiger partial charge in [0.05, 0.1) is 123 Å². The molecule has 11 nitrogen and oxygen atoms in total. The molecule has 0 aliphatic carbocycles. The molecule has 38 heavy (non-hydrogen) atoms. The van der Waals surface area contributed by atoms with Gasteiger partial charge in [-0.05, 0) is 12.1 Å². The minimum absolute atomic E-state index is 0.219. The maximum atomic E-state index is 12.3. The van der Waals surface area contributed by atoms with Crippen molar-refractivity contribution in [3.63, 3.8) is 0 Å². The van der Waals surface area contributed by atoms with E-state index in [0.29, 0.717) is 116 Å². The van der Waals surface area contributed by atoms with Crippen molar-refractivity contribution in [3.8, 4) is 0 Å². The molecule has 0 bridgehead atoms. The summed E-state index contributed by atoms with van der Waals surface area (Å²) in [7, 11) is 0. The highest BCUT2D eigenvalue weighted by atomic mass is 35.5. The molecule has 2 amide bonds. The maximum Gasteiger partial charge on any atom is 0.261 e. The summed E-state index contributed by atoms with van der Waals surface area (Å²) in [5, 5.41) is 0. The molecular weight excluding hydrogens is 522 g/mol. The van der Waals surface area contributed by atoms with Crippen molar-refractivity contribution in [2.45, 2.75) is 0 Å². The van der Waals surface area contributed by atoms with Gasteiger partial charge in [0.2, 0.25) is 0 Å². The summed E-state index contributed by atoms with van der Waals surface area (Å²) in [5.74, 6) is -0.0588. The van der Waals surface area contributed by atoms with Gasteiger partial charge >= 0.3 is 0 Å². The Balaban J connectivity index is 1.24. The van der Waals surface area contributed by atoms with Gasteiger partial charge < -0.3 is 37.9 Å². The molecule has 0 atom stereocenters. The molecule has 0 spiro atoms. The Morgan fingerprint density at radius 1 is 0.474 bits per heavy atom. The number of rotatable bonds is 26. The molecule has 216 valence electrons. The largest absolute Gasteiger partial charge is 0.378 e. The average molecular weight is 562 g/mol. The zero-order chi connectivity index (χ0) is 27.1. The van der Waals surface area contributed by atoms with E-state index in [1.54, 1.807) is 24.3 Å². The second-order valence-corrected chi connectivity index (χ2v) is 8.27. The topological polar surface area (TPSA) is 111 Å². The lowest BCUT2D eigenvalue weighted by atomic mass is 10.1. The van der Waals surface area contributed by atoms with Gasteiger partial charge in [-0.25, -0.2) is 0 Å². The summed E-state index contributed by atoms with van der Waals surface area (Å²) in [5.41, 5.74) is 0.889. The Morgan fingerprint density at radius 3 is 1.08 bits per heavy atom.